The number of piperidine rings is 1. The Balaban J connectivity index is 1.41. The normalized spacial score (nSPS) is 15.0. The van der Waals surface area contributed by atoms with Crippen LogP contribution in [0, 0.1) is 13.8 Å². The second-order valence-electron chi connectivity index (χ2n) is 7.41. The Morgan fingerprint density at radius 3 is 2.36 bits per heavy atom. The first-order chi connectivity index (χ1) is 13.5. The molecule has 1 amide bonds. The average Bonchev–Trinajstić information content (AvgIpc) is 3.17. The molecule has 0 unspecified atom stereocenters. The molecule has 0 atom stereocenters. The van der Waals surface area contributed by atoms with Gasteiger partial charge in [-0.15, -0.1) is 0 Å². The monoisotopic (exact) mass is 395 g/mol. The van der Waals surface area contributed by atoms with Crippen LogP contribution in [0.4, 0.5) is 0 Å². The molecule has 2 aromatic carbocycles. The van der Waals surface area contributed by atoms with E-state index in [1.165, 1.54) is 0 Å². The first-order valence-corrected chi connectivity index (χ1v) is 9.84. The van der Waals surface area contributed by atoms with Gasteiger partial charge in [0.2, 0.25) is 11.7 Å². The van der Waals surface area contributed by atoms with Gasteiger partial charge in [-0.3, -0.25) is 4.79 Å². The number of likely N-dealkylation sites (tertiary alicyclic amines) is 1. The number of carbonyl (C=O) groups is 1. The van der Waals surface area contributed by atoms with E-state index in [-0.39, 0.29) is 11.8 Å². The fraction of sp³-hybridized carbons (Fsp3) is 0.318. The summed E-state index contributed by atoms with van der Waals surface area (Å²) in [5.41, 5.74) is 3.86. The zero-order valence-corrected chi connectivity index (χ0v) is 16.7. The summed E-state index contributed by atoms with van der Waals surface area (Å²) in [6.45, 7) is 5.41. The van der Waals surface area contributed by atoms with E-state index in [4.69, 9.17) is 16.1 Å². The van der Waals surface area contributed by atoms with Crippen molar-refractivity contribution in [3.63, 3.8) is 0 Å². The minimum absolute atomic E-state index is 0.0950. The van der Waals surface area contributed by atoms with Crippen LogP contribution in [-0.2, 0) is 0 Å². The molecule has 2 heterocycles. The molecule has 4 rings (SSSR count). The molecule has 6 heteroatoms. The molecular formula is C22H22ClN3O2. The van der Waals surface area contributed by atoms with Gasteiger partial charge in [-0.25, -0.2) is 0 Å². The number of rotatable bonds is 3. The third-order valence-electron chi connectivity index (χ3n) is 5.14. The lowest BCUT2D eigenvalue weighted by molar-refractivity contribution is 0.0704. The Labute approximate surface area is 169 Å². The molecule has 1 fully saturated rings. The number of hydrogen-bond acceptors (Lipinski definition) is 4. The Hall–Kier alpha value is -2.66. The molecular weight excluding hydrogens is 374 g/mol. The third-order valence-corrected chi connectivity index (χ3v) is 5.40. The molecule has 144 valence electrons. The number of benzene rings is 2. The van der Waals surface area contributed by atoms with Crippen molar-refractivity contribution in [2.24, 2.45) is 0 Å². The molecule has 0 spiro atoms. The Kier molecular flexibility index (Phi) is 5.18. The van der Waals surface area contributed by atoms with Gasteiger partial charge >= 0.3 is 0 Å². The first-order valence-electron chi connectivity index (χ1n) is 9.47. The summed E-state index contributed by atoms with van der Waals surface area (Å²) in [6.07, 6.45) is 1.64. The van der Waals surface area contributed by atoms with E-state index in [1.807, 2.05) is 55.1 Å². The van der Waals surface area contributed by atoms with E-state index in [0.29, 0.717) is 29.8 Å². The summed E-state index contributed by atoms with van der Waals surface area (Å²) >= 11 is 5.93. The van der Waals surface area contributed by atoms with Gasteiger partial charge in [0.05, 0.1) is 0 Å². The summed E-state index contributed by atoms with van der Waals surface area (Å²) < 4.78 is 5.50. The van der Waals surface area contributed by atoms with Gasteiger partial charge in [0.25, 0.3) is 5.91 Å². The quantitative estimate of drug-likeness (QED) is 0.624. The fourth-order valence-electron chi connectivity index (χ4n) is 3.73. The number of aryl methyl sites for hydroxylation is 2. The van der Waals surface area contributed by atoms with Crippen LogP contribution in [0.2, 0.25) is 5.02 Å². The number of hydrogen-bond donors (Lipinski definition) is 0. The number of nitrogens with zero attached hydrogens (tertiary/aromatic N) is 3. The van der Waals surface area contributed by atoms with Crippen LogP contribution in [0.15, 0.2) is 47.0 Å². The van der Waals surface area contributed by atoms with Crippen molar-refractivity contribution >= 4 is 17.5 Å². The Morgan fingerprint density at radius 2 is 1.71 bits per heavy atom. The average molecular weight is 396 g/mol. The van der Waals surface area contributed by atoms with Crippen molar-refractivity contribution in [1.29, 1.82) is 0 Å². The smallest absolute Gasteiger partial charge is 0.253 e. The van der Waals surface area contributed by atoms with E-state index < -0.39 is 0 Å². The lowest BCUT2D eigenvalue weighted by Crippen LogP contribution is -2.38. The molecule has 1 saturated heterocycles. The largest absolute Gasteiger partial charge is 0.339 e. The zero-order valence-electron chi connectivity index (χ0n) is 16.0. The van der Waals surface area contributed by atoms with Gasteiger partial charge < -0.3 is 9.42 Å². The minimum atomic E-state index is 0.0950. The van der Waals surface area contributed by atoms with Crippen molar-refractivity contribution < 1.29 is 9.32 Å². The SMILES string of the molecule is Cc1cc(C)cc(C(=O)N2CCC(c3nc(-c4ccc(Cl)cc4)no3)CC2)c1. The van der Waals surface area contributed by atoms with Gasteiger partial charge in [-0.05, 0) is 63.1 Å². The zero-order chi connectivity index (χ0) is 19.7. The molecule has 3 aromatic rings. The van der Waals surface area contributed by atoms with E-state index >= 15 is 0 Å². The maximum atomic E-state index is 12.8. The van der Waals surface area contributed by atoms with Crippen LogP contribution >= 0.6 is 11.6 Å². The van der Waals surface area contributed by atoms with Crippen LogP contribution in [-0.4, -0.2) is 34.0 Å². The third kappa shape index (κ3) is 3.94. The summed E-state index contributed by atoms with van der Waals surface area (Å²) in [5.74, 6) is 1.48. The lowest BCUT2D eigenvalue weighted by Gasteiger charge is -2.30. The molecule has 28 heavy (non-hydrogen) atoms. The van der Waals surface area contributed by atoms with Crippen molar-refractivity contribution in [2.45, 2.75) is 32.6 Å². The first kappa shape index (κ1) is 18.7. The molecule has 1 aliphatic heterocycles. The molecule has 0 N–H and O–H groups in total. The van der Waals surface area contributed by atoms with Gasteiger partial charge in [-0.2, -0.15) is 4.98 Å². The van der Waals surface area contributed by atoms with Crippen LogP contribution < -0.4 is 0 Å². The molecule has 0 bridgehead atoms. The summed E-state index contributed by atoms with van der Waals surface area (Å²) in [5, 5.41) is 4.78. The van der Waals surface area contributed by atoms with Crippen molar-refractivity contribution in [3.05, 3.63) is 70.1 Å². The van der Waals surface area contributed by atoms with E-state index in [0.717, 1.165) is 35.1 Å². The minimum Gasteiger partial charge on any atom is -0.339 e. The van der Waals surface area contributed by atoms with Crippen LogP contribution in [0.25, 0.3) is 11.4 Å². The standard InChI is InChI=1S/C22H22ClN3O2/c1-14-11-15(2)13-18(12-14)22(27)26-9-7-17(8-10-26)21-24-20(25-28-21)16-3-5-19(23)6-4-16/h3-6,11-13,17H,7-10H2,1-2H3. The van der Waals surface area contributed by atoms with E-state index in [2.05, 4.69) is 16.2 Å². The van der Waals surface area contributed by atoms with E-state index in [9.17, 15) is 4.79 Å². The molecule has 0 radical (unpaired) electrons. The highest BCUT2D eigenvalue weighted by atomic mass is 35.5. The van der Waals surface area contributed by atoms with Crippen LogP contribution in [0.1, 0.15) is 46.1 Å². The molecule has 0 saturated carbocycles. The highest BCUT2D eigenvalue weighted by Crippen LogP contribution is 2.29. The second kappa shape index (κ2) is 7.76. The highest BCUT2D eigenvalue weighted by Gasteiger charge is 2.28. The predicted octanol–water partition coefficient (Wildman–Crippen LogP) is 5.03. The van der Waals surface area contributed by atoms with Gasteiger partial charge in [0.1, 0.15) is 0 Å². The molecule has 1 aromatic heterocycles. The topological polar surface area (TPSA) is 59.2 Å². The summed E-state index contributed by atoms with van der Waals surface area (Å²) in [4.78, 5) is 19.3. The molecule has 0 aliphatic carbocycles. The van der Waals surface area contributed by atoms with Crippen molar-refractivity contribution in [1.82, 2.24) is 15.0 Å². The Morgan fingerprint density at radius 1 is 1.07 bits per heavy atom. The Bertz CT molecular complexity index is 969. The second-order valence-corrected chi connectivity index (χ2v) is 7.84. The number of aromatic nitrogens is 2. The van der Waals surface area contributed by atoms with Gasteiger partial charge in [0, 0.05) is 35.2 Å². The number of amides is 1. The molecule has 1 aliphatic rings. The number of halogens is 1. The van der Waals surface area contributed by atoms with Crippen molar-refractivity contribution in [3.8, 4) is 11.4 Å². The summed E-state index contributed by atoms with van der Waals surface area (Å²) in [7, 11) is 0. The predicted molar refractivity (Wildman–Crippen MR) is 109 cm³/mol. The summed E-state index contributed by atoms with van der Waals surface area (Å²) in [6, 6.07) is 13.4. The fourth-order valence-corrected chi connectivity index (χ4v) is 3.85. The van der Waals surface area contributed by atoms with E-state index in [1.54, 1.807) is 0 Å². The van der Waals surface area contributed by atoms with Crippen LogP contribution in [0.3, 0.4) is 0 Å². The highest BCUT2D eigenvalue weighted by molar-refractivity contribution is 6.30. The van der Waals surface area contributed by atoms with Crippen molar-refractivity contribution in [2.75, 3.05) is 13.1 Å². The molecule has 5 nitrogen and oxygen atoms in total. The maximum absolute atomic E-state index is 12.8. The number of carbonyl (C=O) groups excluding carboxylic acids is 1. The van der Waals surface area contributed by atoms with Crippen LogP contribution in [0.5, 0.6) is 0 Å². The van der Waals surface area contributed by atoms with Gasteiger partial charge in [0.15, 0.2) is 0 Å². The lowest BCUT2D eigenvalue weighted by atomic mass is 9.96. The van der Waals surface area contributed by atoms with Gasteiger partial charge in [-0.1, -0.05) is 34.0 Å². The maximum Gasteiger partial charge on any atom is 0.253 e.